The smallest absolute Gasteiger partial charge is 0.274 e. The van der Waals surface area contributed by atoms with Crippen LogP contribution in [0.2, 0.25) is 0 Å². The molecule has 2 heterocycles. The van der Waals surface area contributed by atoms with Crippen molar-refractivity contribution >= 4 is 11.6 Å². The second-order valence-electron chi connectivity index (χ2n) is 5.63. The van der Waals surface area contributed by atoms with Gasteiger partial charge in [0.05, 0.1) is 23.3 Å². The van der Waals surface area contributed by atoms with Crippen LogP contribution >= 0.6 is 0 Å². The van der Waals surface area contributed by atoms with E-state index in [9.17, 15) is 9.59 Å². The minimum absolute atomic E-state index is 0.269. The van der Waals surface area contributed by atoms with Crippen LogP contribution in [0.15, 0.2) is 41.3 Å². The van der Waals surface area contributed by atoms with Crippen molar-refractivity contribution in [2.45, 2.75) is 20.3 Å². The highest BCUT2D eigenvalue weighted by Gasteiger charge is 2.16. The van der Waals surface area contributed by atoms with Gasteiger partial charge in [-0.15, -0.1) is 0 Å². The van der Waals surface area contributed by atoms with Gasteiger partial charge in [0.15, 0.2) is 0 Å². The summed E-state index contributed by atoms with van der Waals surface area (Å²) in [4.78, 5) is 23.7. The second-order valence-corrected chi connectivity index (χ2v) is 5.63. The van der Waals surface area contributed by atoms with Crippen LogP contribution in [0.4, 0.5) is 5.69 Å². The molecule has 0 atom stereocenters. The molecular weight excluding hydrogens is 306 g/mol. The van der Waals surface area contributed by atoms with Gasteiger partial charge in [-0.2, -0.15) is 5.10 Å². The summed E-state index contributed by atoms with van der Waals surface area (Å²) in [7, 11) is 1.62. The first kappa shape index (κ1) is 15.8. The molecule has 0 bridgehead atoms. The second kappa shape index (κ2) is 6.19. The van der Waals surface area contributed by atoms with Crippen molar-refractivity contribution in [2.75, 3.05) is 5.32 Å². The van der Waals surface area contributed by atoms with E-state index in [0.717, 1.165) is 16.9 Å². The summed E-state index contributed by atoms with van der Waals surface area (Å²) >= 11 is 0. The minimum Gasteiger partial charge on any atom is -0.318 e. The number of hydrogen-bond acceptors (Lipinski definition) is 3. The summed E-state index contributed by atoms with van der Waals surface area (Å²) in [5.41, 5.74) is 3.57. The number of benzene rings is 1. The normalized spacial score (nSPS) is 10.8. The average Bonchev–Trinajstić information content (AvgIpc) is 3.09. The number of nitrogens with one attached hydrogen (secondary N) is 2. The first-order chi connectivity index (χ1) is 11.5. The predicted molar refractivity (Wildman–Crippen MR) is 91.7 cm³/mol. The van der Waals surface area contributed by atoms with E-state index < -0.39 is 0 Å². The number of carbonyl (C=O) groups excluding carboxylic acids is 1. The van der Waals surface area contributed by atoms with Gasteiger partial charge in [-0.05, 0) is 31.0 Å². The fourth-order valence-corrected chi connectivity index (χ4v) is 2.68. The van der Waals surface area contributed by atoms with Gasteiger partial charge in [-0.25, -0.2) is 4.68 Å². The van der Waals surface area contributed by atoms with Crippen LogP contribution in [0.25, 0.3) is 5.69 Å². The lowest BCUT2D eigenvalue weighted by molar-refractivity contribution is 0.101. The van der Waals surface area contributed by atoms with Gasteiger partial charge >= 0.3 is 0 Å². The Morgan fingerprint density at radius 3 is 2.75 bits per heavy atom. The maximum atomic E-state index is 12.4. The lowest BCUT2D eigenvalue weighted by Gasteiger charge is -2.09. The van der Waals surface area contributed by atoms with Crippen molar-refractivity contribution in [3.05, 3.63) is 63.8 Å². The Morgan fingerprint density at radius 1 is 1.33 bits per heavy atom. The number of aromatic nitrogens is 4. The molecule has 3 aromatic rings. The SMILES string of the molecule is CCc1c(NC(=O)c2cc(=O)[nH]n2C)cnn1-c1cccc(C)c1. The Balaban J connectivity index is 1.94. The van der Waals surface area contributed by atoms with Gasteiger partial charge in [0.25, 0.3) is 11.5 Å². The largest absolute Gasteiger partial charge is 0.318 e. The molecule has 0 radical (unpaired) electrons. The maximum absolute atomic E-state index is 12.4. The summed E-state index contributed by atoms with van der Waals surface area (Å²) in [6.45, 7) is 4.03. The summed E-state index contributed by atoms with van der Waals surface area (Å²) in [5, 5.41) is 9.75. The van der Waals surface area contributed by atoms with E-state index in [0.29, 0.717) is 12.1 Å². The highest BCUT2D eigenvalue weighted by atomic mass is 16.2. The molecule has 124 valence electrons. The lowest BCUT2D eigenvalue weighted by Crippen LogP contribution is -2.17. The van der Waals surface area contributed by atoms with Crippen molar-refractivity contribution in [2.24, 2.45) is 7.05 Å². The number of amides is 1. The van der Waals surface area contributed by atoms with Gasteiger partial charge in [0.2, 0.25) is 0 Å². The van der Waals surface area contributed by atoms with E-state index in [4.69, 9.17) is 0 Å². The van der Waals surface area contributed by atoms with Crippen LogP contribution in [-0.2, 0) is 13.5 Å². The van der Waals surface area contributed by atoms with Crippen molar-refractivity contribution in [1.82, 2.24) is 19.6 Å². The van der Waals surface area contributed by atoms with Crippen LogP contribution in [0, 0.1) is 6.92 Å². The Morgan fingerprint density at radius 2 is 2.12 bits per heavy atom. The summed E-state index contributed by atoms with van der Waals surface area (Å²) < 4.78 is 3.22. The molecule has 0 saturated carbocycles. The molecule has 0 saturated heterocycles. The number of rotatable bonds is 4. The maximum Gasteiger partial charge on any atom is 0.274 e. The fraction of sp³-hybridized carbons (Fsp3) is 0.235. The molecule has 2 N–H and O–H groups in total. The molecule has 1 amide bonds. The summed E-state index contributed by atoms with van der Waals surface area (Å²) in [5.74, 6) is -0.352. The van der Waals surface area contributed by atoms with Gasteiger partial charge in [0, 0.05) is 13.1 Å². The number of carbonyl (C=O) groups is 1. The standard InChI is InChI=1S/C17H19N5O2/c1-4-14-13(19-17(24)15-9-16(23)20-21(15)3)10-18-22(14)12-7-5-6-11(2)8-12/h5-10H,4H2,1-3H3,(H,19,24)(H,20,23). The topological polar surface area (TPSA) is 84.7 Å². The summed E-state index contributed by atoms with van der Waals surface area (Å²) in [6.07, 6.45) is 2.33. The zero-order chi connectivity index (χ0) is 17.3. The van der Waals surface area contributed by atoms with E-state index in [2.05, 4.69) is 15.5 Å². The Labute approximate surface area is 138 Å². The number of aryl methyl sites for hydroxylation is 2. The zero-order valence-corrected chi connectivity index (χ0v) is 13.8. The zero-order valence-electron chi connectivity index (χ0n) is 13.8. The Hall–Kier alpha value is -3.09. The third-order valence-corrected chi connectivity index (χ3v) is 3.84. The number of H-pyrrole nitrogens is 1. The molecule has 0 spiro atoms. The molecule has 0 fully saturated rings. The first-order valence-corrected chi connectivity index (χ1v) is 7.71. The first-order valence-electron chi connectivity index (χ1n) is 7.71. The summed E-state index contributed by atoms with van der Waals surface area (Å²) in [6, 6.07) is 9.27. The van der Waals surface area contributed by atoms with Gasteiger partial charge in [-0.1, -0.05) is 19.1 Å². The number of hydrogen-bond donors (Lipinski definition) is 2. The van der Waals surface area contributed by atoms with Crippen LogP contribution in [-0.4, -0.2) is 25.5 Å². The molecule has 3 rings (SSSR count). The average molecular weight is 325 g/mol. The third kappa shape index (κ3) is 2.88. The Kier molecular flexibility index (Phi) is 4.07. The van der Waals surface area contributed by atoms with Crippen LogP contribution < -0.4 is 10.9 Å². The highest BCUT2D eigenvalue weighted by Crippen LogP contribution is 2.21. The van der Waals surface area contributed by atoms with E-state index in [-0.39, 0.29) is 17.2 Å². The molecule has 0 aliphatic heterocycles. The van der Waals surface area contributed by atoms with Gasteiger partial charge in [-0.3, -0.25) is 19.4 Å². The van der Waals surface area contributed by atoms with Crippen molar-refractivity contribution in [3.63, 3.8) is 0 Å². The molecule has 24 heavy (non-hydrogen) atoms. The van der Waals surface area contributed by atoms with Gasteiger partial charge in [0.1, 0.15) is 5.69 Å². The number of nitrogens with zero attached hydrogens (tertiary/aromatic N) is 3. The van der Waals surface area contributed by atoms with E-state index in [1.807, 2.05) is 42.8 Å². The molecule has 0 aliphatic carbocycles. The predicted octanol–water partition coefficient (Wildman–Crippen LogP) is 2.02. The van der Waals surface area contributed by atoms with E-state index in [1.165, 1.54) is 10.7 Å². The third-order valence-electron chi connectivity index (χ3n) is 3.84. The molecule has 1 aromatic carbocycles. The van der Waals surface area contributed by atoms with Gasteiger partial charge < -0.3 is 5.32 Å². The fourth-order valence-electron chi connectivity index (χ4n) is 2.68. The van der Waals surface area contributed by atoms with Crippen LogP contribution in [0.5, 0.6) is 0 Å². The van der Waals surface area contributed by atoms with Crippen molar-refractivity contribution < 1.29 is 4.79 Å². The van der Waals surface area contributed by atoms with Crippen molar-refractivity contribution in [1.29, 1.82) is 0 Å². The molecule has 7 heteroatoms. The minimum atomic E-state index is -0.352. The number of anilines is 1. The molecule has 2 aromatic heterocycles. The molecular formula is C17H19N5O2. The molecule has 0 unspecified atom stereocenters. The van der Waals surface area contributed by atoms with Crippen LogP contribution in [0.3, 0.4) is 0 Å². The van der Waals surface area contributed by atoms with E-state index in [1.54, 1.807) is 13.2 Å². The molecule has 0 aliphatic rings. The monoisotopic (exact) mass is 325 g/mol. The van der Waals surface area contributed by atoms with E-state index >= 15 is 0 Å². The van der Waals surface area contributed by atoms with Crippen molar-refractivity contribution in [3.8, 4) is 5.69 Å². The lowest BCUT2D eigenvalue weighted by atomic mass is 10.2. The number of aromatic amines is 1. The molecule has 7 nitrogen and oxygen atoms in total. The Bertz CT molecular complexity index is 948. The highest BCUT2D eigenvalue weighted by molar-refractivity contribution is 6.03. The van der Waals surface area contributed by atoms with Crippen LogP contribution in [0.1, 0.15) is 28.7 Å². The quantitative estimate of drug-likeness (QED) is 0.769.